The third-order valence-corrected chi connectivity index (χ3v) is 1.21. The van der Waals surface area contributed by atoms with E-state index in [1.165, 1.54) is 13.2 Å². The number of hydrogen-bond acceptors (Lipinski definition) is 5. The molecule has 0 saturated carbocycles. The number of carbonyl (C=O) groups excluding carboxylic acids is 1. The number of rotatable bonds is 3. The van der Waals surface area contributed by atoms with Crippen molar-refractivity contribution in [2.24, 2.45) is 0 Å². The Labute approximate surface area is 68.5 Å². The van der Waals surface area contributed by atoms with Gasteiger partial charge >= 0.3 is 0 Å². The van der Waals surface area contributed by atoms with Crippen LogP contribution in [0.5, 0.6) is 5.88 Å². The molecule has 1 heterocycles. The third-order valence-electron chi connectivity index (χ3n) is 1.21. The van der Waals surface area contributed by atoms with E-state index in [4.69, 9.17) is 5.26 Å². The SMILES string of the molecule is COc1cc(C(=O)CC#N)on1. The first kappa shape index (κ1) is 8.27. The molecule has 0 bridgehead atoms. The molecule has 62 valence electrons. The van der Waals surface area contributed by atoms with E-state index in [-0.39, 0.29) is 18.1 Å². The Morgan fingerprint density at radius 3 is 3.17 bits per heavy atom. The Kier molecular flexibility index (Phi) is 2.43. The number of methoxy groups -OCH3 is 1. The van der Waals surface area contributed by atoms with Crippen LogP contribution in [-0.4, -0.2) is 18.0 Å². The minimum atomic E-state index is -0.395. The van der Waals surface area contributed by atoms with Gasteiger partial charge in [0.2, 0.25) is 11.5 Å². The van der Waals surface area contributed by atoms with Gasteiger partial charge < -0.3 is 9.26 Å². The van der Waals surface area contributed by atoms with Crippen molar-refractivity contribution in [1.82, 2.24) is 5.16 Å². The van der Waals surface area contributed by atoms with Gasteiger partial charge in [-0.2, -0.15) is 5.26 Å². The summed E-state index contributed by atoms with van der Waals surface area (Å²) in [6.07, 6.45) is -0.210. The molecule has 12 heavy (non-hydrogen) atoms. The fraction of sp³-hybridized carbons (Fsp3) is 0.286. The maximum absolute atomic E-state index is 11.0. The molecule has 0 spiro atoms. The zero-order valence-electron chi connectivity index (χ0n) is 6.40. The smallest absolute Gasteiger partial charge is 0.254 e. The molecule has 1 aromatic rings. The zero-order chi connectivity index (χ0) is 8.97. The molecule has 0 radical (unpaired) electrons. The quantitative estimate of drug-likeness (QED) is 0.620. The lowest BCUT2D eigenvalue weighted by Gasteiger charge is -1.84. The summed E-state index contributed by atoms with van der Waals surface area (Å²) in [6.45, 7) is 0. The van der Waals surface area contributed by atoms with Crippen LogP contribution in [0.25, 0.3) is 0 Å². The Morgan fingerprint density at radius 1 is 1.92 bits per heavy atom. The Hall–Kier alpha value is -1.83. The number of hydrogen-bond donors (Lipinski definition) is 0. The van der Waals surface area contributed by atoms with Gasteiger partial charge in [-0.25, -0.2) is 0 Å². The molecule has 0 fully saturated rings. The van der Waals surface area contributed by atoms with Crippen molar-refractivity contribution in [2.75, 3.05) is 7.11 Å². The normalized spacial score (nSPS) is 9.00. The van der Waals surface area contributed by atoms with Crippen LogP contribution in [0.2, 0.25) is 0 Å². The van der Waals surface area contributed by atoms with E-state index in [0.29, 0.717) is 0 Å². The predicted molar refractivity (Wildman–Crippen MR) is 37.6 cm³/mol. The number of aromatic nitrogens is 1. The van der Waals surface area contributed by atoms with Crippen LogP contribution < -0.4 is 4.74 Å². The molecule has 0 N–H and O–H groups in total. The van der Waals surface area contributed by atoms with Crippen LogP contribution >= 0.6 is 0 Å². The van der Waals surface area contributed by atoms with E-state index < -0.39 is 5.78 Å². The second-order valence-corrected chi connectivity index (χ2v) is 1.99. The Balaban J connectivity index is 2.76. The molecule has 0 aliphatic rings. The minimum Gasteiger partial charge on any atom is -0.479 e. The van der Waals surface area contributed by atoms with Gasteiger partial charge in [0, 0.05) is 0 Å². The van der Waals surface area contributed by atoms with Crippen LogP contribution in [0.1, 0.15) is 17.0 Å². The summed E-state index contributed by atoms with van der Waals surface area (Å²) in [6, 6.07) is 3.06. The maximum Gasteiger partial charge on any atom is 0.254 e. The molecule has 1 rings (SSSR count). The number of ketones is 1. The lowest BCUT2D eigenvalue weighted by atomic mass is 10.2. The zero-order valence-corrected chi connectivity index (χ0v) is 6.40. The summed E-state index contributed by atoms with van der Waals surface area (Å²) in [7, 11) is 1.41. The van der Waals surface area contributed by atoms with Crippen LogP contribution in [0, 0.1) is 11.3 Å². The molecule has 0 unspecified atom stereocenters. The Bertz CT molecular complexity index is 324. The maximum atomic E-state index is 11.0. The standard InChI is InChI=1S/C7H6N2O3/c1-11-7-4-6(12-9-7)5(10)2-3-8/h4H,2H2,1H3. The average molecular weight is 166 g/mol. The number of ether oxygens (including phenoxy) is 1. The molecule has 0 aliphatic carbocycles. The highest BCUT2D eigenvalue weighted by Crippen LogP contribution is 2.11. The van der Waals surface area contributed by atoms with Crippen LogP contribution in [0.15, 0.2) is 10.6 Å². The monoisotopic (exact) mass is 166 g/mol. The number of carbonyl (C=O) groups is 1. The van der Waals surface area contributed by atoms with Crippen LogP contribution in [-0.2, 0) is 0 Å². The summed E-state index contributed by atoms with van der Waals surface area (Å²) < 4.78 is 9.28. The summed E-state index contributed by atoms with van der Waals surface area (Å²) in [4.78, 5) is 11.0. The highest BCUT2D eigenvalue weighted by molar-refractivity contribution is 5.94. The van der Waals surface area contributed by atoms with Crippen molar-refractivity contribution in [1.29, 1.82) is 5.26 Å². The molecule has 0 atom stereocenters. The molecule has 0 aliphatic heterocycles. The molecular weight excluding hydrogens is 160 g/mol. The van der Waals surface area contributed by atoms with Crippen molar-refractivity contribution in [2.45, 2.75) is 6.42 Å². The van der Waals surface area contributed by atoms with E-state index in [1.807, 2.05) is 0 Å². The van der Waals surface area contributed by atoms with Gasteiger partial charge in [-0.1, -0.05) is 0 Å². The second kappa shape index (κ2) is 3.53. The van der Waals surface area contributed by atoms with Crippen LogP contribution in [0.4, 0.5) is 0 Å². The van der Waals surface area contributed by atoms with Gasteiger partial charge in [0.15, 0.2) is 0 Å². The lowest BCUT2D eigenvalue weighted by molar-refractivity contribution is 0.0962. The first-order chi connectivity index (χ1) is 5.77. The van der Waals surface area contributed by atoms with Gasteiger partial charge in [-0.3, -0.25) is 4.79 Å². The first-order valence-corrected chi connectivity index (χ1v) is 3.18. The van der Waals surface area contributed by atoms with Gasteiger partial charge in [0.1, 0.15) is 6.42 Å². The summed E-state index contributed by atoms with van der Waals surface area (Å²) in [5.41, 5.74) is 0. The van der Waals surface area contributed by atoms with Crippen molar-refractivity contribution >= 4 is 5.78 Å². The highest BCUT2D eigenvalue weighted by Gasteiger charge is 2.12. The predicted octanol–water partition coefficient (Wildman–Crippen LogP) is 0.780. The van der Waals surface area contributed by atoms with E-state index in [0.717, 1.165) is 0 Å². The van der Waals surface area contributed by atoms with E-state index >= 15 is 0 Å². The second-order valence-electron chi connectivity index (χ2n) is 1.99. The molecule has 5 heteroatoms. The largest absolute Gasteiger partial charge is 0.479 e. The highest BCUT2D eigenvalue weighted by atomic mass is 16.5. The van der Waals surface area contributed by atoms with Crippen LogP contribution in [0.3, 0.4) is 0 Å². The van der Waals surface area contributed by atoms with E-state index in [2.05, 4.69) is 14.4 Å². The summed E-state index contributed by atoms with van der Waals surface area (Å²) in [5, 5.41) is 11.6. The van der Waals surface area contributed by atoms with Gasteiger partial charge in [0.05, 0.1) is 19.2 Å². The topological polar surface area (TPSA) is 76.1 Å². The van der Waals surface area contributed by atoms with Gasteiger partial charge in [-0.15, -0.1) is 0 Å². The fourth-order valence-corrected chi connectivity index (χ4v) is 0.646. The summed E-state index contributed by atoms with van der Waals surface area (Å²) >= 11 is 0. The van der Waals surface area contributed by atoms with Gasteiger partial charge in [0.25, 0.3) is 5.88 Å². The van der Waals surface area contributed by atoms with Crippen molar-refractivity contribution < 1.29 is 14.1 Å². The summed E-state index contributed by atoms with van der Waals surface area (Å²) in [5.74, 6) is -0.113. The van der Waals surface area contributed by atoms with E-state index in [9.17, 15) is 4.79 Å². The Morgan fingerprint density at radius 2 is 2.67 bits per heavy atom. The van der Waals surface area contributed by atoms with E-state index in [1.54, 1.807) is 6.07 Å². The minimum absolute atomic E-state index is 0.0494. The molecule has 0 aromatic carbocycles. The van der Waals surface area contributed by atoms with Gasteiger partial charge in [-0.05, 0) is 5.16 Å². The van der Waals surface area contributed by atoms with Crippen molar-refractivity contribution in [3.8, 4) is 11.9 Å². The number of nitrogens with zero attached hydrogens (tertiary/aromatic N) is 2. The average Bonchev–Trinajstić information content (AvgIpc) is 2.52. The number of Topliss-reactive ketones (excluding diaryl/α,β-unsaturated/α-hetero) is 1. The molecule has 0 amide bonds. The first-order valence-electron chi connectivity index (χ1n) is 3.18. The number of nitriles is 1. The lowest BCUT2D eigenvalue weighted by Crippen LogP contribution is -1.93. The molecule has 5 nitrogen and oxygen atoms in total. The third kappa shape index (κ3) is 1.61. The fourth-order valence-electron chi connectivity index (χ4n) is 0.646. The molecular formula is C7H6N2O3. The van der Waals surface area contributed by atoms with Crippen molar-refractivity contribution in [3.05, 3.63) is 11.8 Å². The molecule has 0 saturated heterocycles. The van der Waals surface area contributed by atoms with Crippen molar-refractivity contribution in [3.63, 3.8) is 0 Å². The molecule has 1 aromatic heterocycles.